The lowest BCUT2D eigenvalue weighted by atomic mass is 9.90. The fourth-order valence-electron chi connectivity index (χ4n) is 5.73. The number of benzene rings is 5. The summed E-state index contributed by atoms with van der Waals surface area (Å²) in [5.74, 6) is 0. The van der Waals surface area contributed by atoms with Crippen LogP contribution >= 0.6 is 0 Å². The maximum absolute atomic E-state index is 3.66. The highest BCUT2D eigenvalue weighted by molar-refractivity contribution is 6.23. The van der Waals surface area contributed by atoms with Crippen molar-refractivity contribution in [1.82, 2.24) is 10.6 Å². The van der Waals surface area contributed by atoms with Crippen molar-refractivity contribution >= 4 is 32.3 Å². The van der Waals surface area contributed by atoms with Gasteiger partial charge in [-0.3, -0.25) is 0 Å². The summed E-state index contributed by atoms with van der Waals surface area (Å²) < 4.78 is 0. The van der Waals surface area contributed by atoms with Crippen LogP contribution in [0, 0.1) is 0 Å². The predicted molar refractivity (Wildman–Crippen MR) is 162 cm³/mol. The van der Waals surface area contributed by atoms with E-state index >= 15 is 0 Å². The molecular weight excluding hydrogens is 448 g/mol. The standard InChI is InChI=1S/C35H42N2/c1-3-12-28(13-4-1)14-5-9-26-36-24-7-2-8-25-37-27-10-6-15-29-18-19-32-21-20-30-16-11-17-31-22-23-33(29)35(32)34(30)31/h1,3-4,11-13,16-23,36-37H,2,5-10,14-15,24-27H2. The number of aryl methyl sites for hydroxylation is 2. The number of hydrogen-bond acceptors (Lipinski definition) is 2. The quantitative estimate of drug-likeness (QED) is 0.107. The van der Waals surface area contributed by atoms with Crippen LogP contribution in [-0.4, -0.2) is 26.2 Å². The van der Waals surface area contributed by atoms with E-state index in [1.807, 2.05) is 0 Å². The summed E-state index contributed by atoms with van der Waals surface area (Å²) in [6.07, 6.45) is 11.3. The first-order valence-electron chi connectivity index (χ1n) is 14.5. The molecule has 0 unspecified atom stereocenters. The van der Waals surface area contributed by atoms with Crippen molar-refractivity contribution in [2.75, 3.05) is 26.2 Å². The fourth-order valence-corrected chi connectivity index (χ4v) is 5.73. The average Bonchev–Trinajstić information content (AvgIpc) is 2.95. The normalized spacial score (nSPS) is 11.8. The summed E-state index contributed by atoms with van der Waals surface area (Å²) >= 11 is 0. The van der Waals surface area contributed by atoms with E-state index in [1.54, 1.807) is 0 Å². The maximum Gasteiger partial charge on any atom is -0.00240 e. The maximum atomic E-state index is 3.66. The molecule has 192 valence electrons. The fraction of sp³-hybridized carbons (Fsp3) is 0.371. The van der Waals surface area contributed by atoms with Gasteiger partial charge in [-0.2, -0.15) is 0 Å². The number of rotatable bonds is 16. The minimum absolute atomic E-state index is 1.13. The van der Waals surface area contributed by atoms with Crippen LogP contribution in [0.3, 0.4) is 0 Å². The number of unbranched alkanes of at least 4 members (excludes halogenated alkanes) is 4. The molecule has 0 fully saturated rings. The molecule has 0 heterocycles. The lowest BCUT2D eigenvalue weighted by Crippen LogP contribution is -2.19. The van der Waals surface area contributed by atoms with Gasteiger partial charge in [0, 0.05) is 0 Å². The van der Waals surface area contributed by atoms with E-state index in [9.17, 15) is 0 Å². The third kappa shape index (κ3) is 6.89. The summed E-state index contributed by atoms with van der Waals surface area (Å²) in [4.78, 5) is 0. The molecule has 0 spiro atoms. The lowest BCUT2D eigenvalue weighted by Gasteiger charge is -2.14. The molecule has 0 bridgehead atoms. The Morgan fingerprint density at radius 2 is 0.973 bits per heavy atom. The first kappa shape index (κ1) is 25.7. The van der Waals surface area contributed by atoms with Gasteiger partial charge in [0.2, 0.25) is 0 Å². The van der Waals surface area contributed by atoms with Crippen molar-refractivity contribution in [3.63, 3.8) is 0 Å². The van der Waals surface area contributed by atoms with Gasteiger partial charge in [-0.25, -0.2) is 0 Å². The Bertz CT molecular complexity index is 1340. The molecule has 5 rings (SSSR count). The van der Waals surface area contributed by atoms with Gasteiger partial charge in [0.15, 0.2) is 0 Å². The Kier molecular flexibility index (Phi) is 9.42. The minimum Gasteiger partial charge on any atom is -0.317 e. The van der Waals surface area contributed by atoms with E-state index in [-0.39, 0.29) is 0 Å². The van der Waals surface area contributed by atoms with Gasteiger partial charge < -0.3 is 10.6 Å². The molecule has 2 N–H and O–H groups in total. The Hall–Kier alpha value is -2.94. The molecule has 0 saturated heterocycles. The van der Waals surface area contributed by atoms with Crippen LogP contribution in [0.2, 0.25) is 0 Å². The highest BCUT2D eigenvalue weighted by atomic mass is 14.8. The molecule has 2 heteroatoms. The van der Waals surface area contributed by atoms with Crippen LogP contribution in [0.1, 0.15) is 56.1 Å². The van der Waals surface area contributed by atoms with Crippen LogP contribution in [0.15, 0.2) is 84.9 Å². The van der Waals surface area contributed by atoms with Crippen LogP contribution in [0.5, 0.6) is 0 Å². The van der Waals surface area contributed by atoms with Gasteiger partial charge >= 0.3 is 0 Å². The molecule has 37 heavy (non-hydrogen) atoms. The third-order valence-electron chi connectivity index (χ3n) is 7.79. The summed E-state index contributed by atoms with van der Waals surface area (Å²) in [5.41, 5.74) is 2.96. The lowest BCUT2D eigenvalue weighted by molar-refractivity contribution is 0.551. The van der Waals surface area contributed by atoms with E-state index in [4.69, 9.17) is 0 Å². The molecule has 2 nitrogen and oxygen atoms in total. The Morgan fingerprint density at radius 1 is 0.405 bits per heavy atom. The van der Waals surface area contributed by atoms with Gasteiger partial charge in [-0.05, 0) is 121 Å². The Morgan fingerprint density at radius 3 is 1.68 bits per heavy atom. The highest BCUT2D eigenvalue weighted by Gasteiger charge is 2.10. The average molecular weight is 491 g/mol. The topological polar surface area (TPSA) is 24.1 Å². The summed E-state index contributed by atoms with van der Waals surface area (Å²) in [5, 5.41) is 15.7. The molecule has 0 aliphatic rings. The predicted octanol–water partition coefficient (Wildman–Crippen LogP) is 8.28. The van der Waals surface area contributed by atoms with Gasteiger partial charge in [0.25, 0.3) is 0 Å². The molecule has 0 aliphatic carbocycles. The van der Waals surface area contributed by atoms with Crippen molar-refractivity contribution in [3.05, 3.63) is 96.1 Å². The monoisotopic (exact) mass is 490 g/mol. The summed E-state index contributed by atoms with van der Waals surface area (Å²) in [7, 11) is 0. The number of nitrogens with one attached hydrogen (secondary N) is 2. The van der Waals surface area contributed by atoms with Crippen molar-refractivity contribution in [2.45, 2.75) is 57.8 Å². The molecule has 5 aromatic carbocycles. The Balaban J connectivity index is 0.919. The van der Waals surface area contributed by atoms with E-state index in [0.717, 1.165) is 32.6 Å². The highest BCUT2D eigenvalue weighted by Crippen LogP contribution is 2.36. The van der Waals surface area contributed by atoms with Gasteiger partial charge in [0.1, 0.15) is 0 Å². The molecule has 0 aromatic heterocycles. The van der Waals surface area contributed by atoms with Crippen molar-refractivity contribution in [2.24, 2.45) is 0 Å². The second-order valence-corrected chi connectivity index (χ2v) is 10.5. The van der Waals surface area contributed by atoms with Crippen molar-refractivity contribution in [3.8, 4) is 0 Å². The zero-order chi connectivity index (χ0) is 25.1. The third-order valence-corrected chi connectivity index (χ3v) is 7.79. The minimum atomic E-state index is 1.13. The van der Waals surface area contributed by atoms with Gasteiger partial charge in [-0.1, -0.05) is 91.3 Å². The van der Waals surface area contributed by atoms with Crippen LogP contribution in [-0.2, 0) is 12.8 Å². The van der Waals surface area contributed by atoms with E-state index in [1.165, 1.54) is 94.8 Å². The van der Waals surface area contributed by atoms with Gasteiger partial charge in [0.05, 0.1) is 0 Å². The first-order chi connectivity index (χ1) is 18.4. The van der Waals surface area contributed by atoms with E-state index < -0.39 is 0 Å². The second kappa shape index (κ2) is 13.6. The Labute approximate surface area is 222 Å². The summed E-state index contributed by atoms with van der Waals surface area (Å²) in [6.45, 7) is 4.59. The number of hydrogen-bond donors (Lipinski definition) is 2. The first-order valence-corrected chi connectivity index (χ1v) is 14.5. The molecule has 0 amide bonds. The zero-order valence-electron chi connectivity index (χ0n) is 22.3. The largest absolute Gasteiger partial charge is 0.317 e. The van der Waals surface area contributed by atoms with E-state index in [2.05, 4.69) is 95.6 Å². The molecule has 0 atom stereocenters. The zero-order valence-corrected chi connectivity index (χ0v) is 22.3. The molecule has 0 radical (unpaired) electrons. The van der Waals surface area contributed by atoms with Crippen LogP contribution < -0.4 is 10.6 Å². The smallest absolute Gasteiger partial charge is 0.00240 e. The summed E-state index contributed by atoms with van der Waals surface area (Å²) in [6, 6.07) is 31.3. The second-order valence-electron chi connectivity index (χ2n) is 10.5. The molecule has 5 aromatic rings. The van der Waals surface area contributed by atoms with Crippen molar-refractivity contribution < 1.29 is 0 Å². The van der Waals surface area contributed by atoms with Gasteiger partial charge in [-0.15, -0.1) is 0 Å². The molecule has 0 aliphatic heterocycles. The van der Waals surface area contributed by atoms with Crippen LogP contribution in [0.4, 0.5) is 0 Å². The van der Waals surface area contributed by atoms with Crippen LogP contribution in [0.25, 0.3) is 32.3 Å². The van der Waals surface area contributed by atoms with Crippen molar-refractivity contribution in [1.29, 1.82) is 0 Å². The molecular formula is C35H42N2. The SMILES string of the molecule is c1ccc(CCCCNCCCCCNCCCCc2ccc3ccc4cccc5ccc2c3c45)cc1. The molecule has 0 saturated carbocycles. The van der Waals surface area contributed by atoms with E-state index in [0.29, 0.717) is 0 Å².